The molecule has 0 aliphatic heterocycles. The molecular formula is C65H68N20O40S12. The third-order valence-corrected chi connectivity index (χ3v) is 29.3. The molecule has 0 aromatic heterocycles. The zero-order valence-electron chi connectivity index (χ0n) is 67.0. The van der Waals surface area contributed by atoms with Crippen LogP contribution in [0, 0.1) is 0 Å². The number of nitrogens with zero attached hydrogens (tertiary/aromatic N) is 16. The number of anilines is 4. The van der Waals surface area contributed by atoms with E-state index < -0.39 is 363 Å². The van der Waals surface area contributed by atoms with Crippen LogP contribution in [0.1, 0.15) is 7.43 Å². The van der Waals surface area contributed by atoms with Crippen molar-refractivity contribution in [2.24, 2.45) is 81.8 Å². The molecule has 72 heteroatoms. The van der Waals surface area contributed by atoms with Crippen LogP contribution in [0.3, 0.4) is 0 Å². The van der Waals surface area contributed by atoms with Crippen LogP contribution in [0.15, 0.2) is 238 Å². The molecule has 0 aliphatic carbocycles. The van der Waals surface area contributed by atoms with Gasteiger partial charge in [-0.15, -0.1) is 20.5 Å². The third kappa shape index (κ3) is 21.7. The largest absolute Gasteiger partial charge is 0.505 e. The molecule has 740 valence electrons. The van der Waals surface area contributed by atoms with Gasteiger partial charge in [0.25, 0.3) is 60.7 Å². The lowest BCUT2D eigenvalue weighted by atomic mass is 10.0. The number of fused-ring (bicyclic) bond motifs is 6. The van der Waals surface area contributed by atoms with Crippen molar-refractivity contribution in [1.82, 2.24) is 0 Å². The Balaban J connectivity index is 0.000000281. The molecule has 0 fully saturated rings. The highest BCUT2D eigenvalue weighted by atomic mass is 32.3. The maximum atomic E-state index is 12.9. The zero-order valence-corrected chi connectivity index (χ0v) is 76.8. The number of azo groups is 8. The lowest BCUT2D eigenvalue weighted by Crippen LogP contribution is -2.03. The predicted molar refractivity (Wildman–Crippen MR) is 495 cm³/mol. The lowest BCUT2D eigenvalue weighted by Gasteiger charge is -2.23. The Kier molecular flexibility index (Phi) is 29.4. The van der Waals surface area contributed by atoms with Crippen LogP contribution >= 0.6 is 65.2 Å². The molecule has 0 atom stereocenters. The van der Waals surface area contributed by atoms with Crippen LogP contribution in [-0.2, 0) is 60.7 Å². The van der Waals surface area contributed by atoms with Gasteiger partial charge in [0.1, 0.15) is 140 Å². The van der Waals surface area contributed by atoms with Gasteiger partial charge in [0, 0.05) is 60.5 Å². The van der Waals surface area contributed by atoms with Gasteiger partial charge in [-0.25, -0.2) is 0 Å². The summed E-state index contributed by atoms with van der Waals surface area (Å²) in [6, 6.07) is 10.9. The summed E-state index contributed by atoms with van der Waals surface area (Å²) in [6.07, 6.45) is 0. The van der Waals surface area contributed by atoms with Gasteiger partial charge in [0.15, 0.2) is 23.0 Å². The van der Waals surface area contributed by atoms with Crippen molar-refractivity contribution in [2.75, 3.05) is 51.1 Å². The number of nitrogen functional groups attached to an aromatic ring is 4. The van der Waals surface area contributed by atoms with Crippen LogP contribution in [0.4, 0.5) is 91.0 Å². The second-order valence-corrected chi connectivity index (χ2v) is 44.4. The number of nitrogens with two attached hydrogens (primary N) is 4. The Labute approximate surface area is 775 Å². The molecule has 0 saturated heterocycles. The Morgan fingerprint density at radius 1 is 0.204 bits per heavy atom. The molecule has 0 spiro atoms. The predicted octanol–water partition coefficient (Wildman–Crippen LogP) is 19.6. The Morgan fingerprint density at radius 3 is 0.708 bits per heavy atom. The van der Waals surface area contributed by atoms with Crippen LogP contribution in [0.5, 0.6) is 23.0 Å². The Morgan fingerprint density at radius 2 is 0.409 bits per heavy atom. The summed E-state index contributed by atoms with van der Waals surface area (Å²) in [5.74, 6) is -4.34. The summed E-state index contributed by atoms with van der Waals surface area (Å²) < 4.78 is 396. The van der Waals surface area contributed by atoms with E-state index in [2.05, 4.69) is 81.8 Å². The minimum absolute atomic E-state index is 0. The molecule has 0 heterocycles. The van der Waals surface area contributed by atoms with Crippen molar-refractivity contribution >= 4 is 282 Å². The molecule has 0 radical (unpaired) electrons. The van der Waals surface area contributed by atoms with E-state index in [4.69, 9.17) is 22.9 Å². The minimum Gasteiger partial charge on any atom is -0.505 e. The van der Waals surface area contributed by atoms with E-state index in [1.54, 1.807) is 0 Å². The van der Waals surface area contributed by atoms with E-state index in [1.807, 2.05) is 0 Å². The number of hydrogen-bond acceptors (Lipinski definition) is 54. The highest BCUT2D eigenvalue weighted by molar-refractivity contribution is 8.21. The van der Waals surface area contributed by atoms with Gasteiger partial charge in [-0.2, -0.15) is 112 Å². The van der Waals surface area contributed by atoms with Gasteiger partial charge in [-0.3, -0.25) is 27.3 Å². The SMILES string of the molecule is C.CN=Nc1c(S(=O)(=O)O)cc2c(S(O)(O)O)cc(N=Nc3cc(S(=O)(=O)O)c4cc(N=Nc5cc(S(=O)(=O)O)c6cc(S(O)(O)O)c(N=NC)c(O)c6c5N)cc(S(O)(O)O)c4c3)c(N)c2c1O.CN=Nc1c(S(O)(O)O)cc2cc(S(=O)(=O)O)c(N=Nc3cc(S(O)(O)O)c4cc(N=Nc5c(S(O)(O)O)cc6cc(S(=O)(=O)O)c(N=NC)c(O)c6c5N)cc(S(=O)(=O)O)c4c3)c(N)c2c1O. The quantitative estimate of drug-likeness (QED) is 0.0152. The van der Waals surface area contributed by atoms with Gasteiger partial charge in [-0.1, -0.05) is 7.43 Å². The second-order valence-electron chi connectivity index (χ2n) is 27.1. The average molecular weight is 2150 g/mol. The smallest absolute Gasteiger partial charge is 0.296 e. The van der Waals surface area contributed by atoms with E-state index in [1.165, 1.54) is 0 Å². The summed E-state index contributed by atoms with van der Waals surface area (Å²) in [7, 11) is -56.9. The maximum absolute atomic E-state index is 12.9. The molecule has 36 N–H and O–H groups in total. The van der Waals surface area contributed by atoms with Gasteiger partial charge >= 0.3 is 0 Å². The number of phenols is 4. The minimum atomic E-state index is -5.47. The highest BCUT2D eigenvalue weighted by Crippen LogP contribution is 2.63. The number of phenolic OH excluding ortho intramolecular Hbond substituents is 4. The zero-order chi connectivity index (χ0) is 102. The maximum Gasteiger partial charge on any atom is 0.296 e. The fourth-order valence-electron chi connectivity index (χ4n) is 13.1. The van der Waals surface area contributed by atoms with Crippen molar-refractivity contribution in [3.8, 4) is 23.0 Å². The van der Waals surface area contributed by atoms with E-state index in [0.29, 0.717) is 66.7 Å². The molecule has 0 amide bonds. The first kappa shape index (κ1) is 107. The second kappa shape index (κ2) is 37.5. The molecule has 0 saturated carbocycles. The van der Waals surface area contributed by atoms with E-state index in [0.717, 1.165) is 58.5 Å². The summed E-state index contributed by atoms with van der Waals surface area (Å²) in [4.78, 5) is -12.4. The first-order valence-corrected chi connectivity index (χ1v) is 52.4. The molecule has 12 rings (SSSR count). The van der Waals surface area contributed by atoms with E-state index in [9.17, 15) is 180 Å². The lowest BCUT2D eigenvalue weighted by molar-refractivity contribution is 0.373. The highest BCUT2D eigenvalue weighted by Gasteiger charge is 2.38. The standard InChI is InChI=1S/2C32H32N10O20S6.CH4/c1-35-39-29-21(67(57,58)59)5-11-3-19(65(51,52)53)27(25(33)23(11)31(29)43)41-37-13-7-15-16(17(9-13)63(45,46)47)8-14(10-18(15)64(48,49)50)38-42-28-20(66(54,55)56)4-12-6-22(68(60,61)62)30(40-36-2)32(44)24(12)26(28)34;1-35-41-29-23(67(57,58)59)7-15-21(65(51,52)53)9-17(27(33)25(15)31(29)43)39-37-11-3-13-14(19(5-11)63(45,46)47)4-12(6-20(13)64(48,49)50)38-40-18-10-22(66(54,55)56)16-8-24(68(60,61)62)30(42-36-2)32(44)26(16)28(18)34;/h2*3-10,43-47,54-59H,33-34H2,1-2H3,(H,48,49,50)(H,51,52,53)(H,60,61,62);1H4. The Bertz CT molecular complexity index is 8210. The third-order valence-electron chi connectivity index (χ3n) is 18.5. The number of benzene rings is 12. The fraction of sp³-hybridized carbons (Fsp3) is 0.0769. The number of aromatic hydroxyl groups is 4. The summed E-state index contributed by atoms with van der Waals surface area (Å²) in [5.41, 5.74) is 12.8. The van der Waals surface area contributed by atoms with E-state index in [-0.39, 0.29) is 7.43 Å². The molecule has 0 bridgehead atoms. The topological polar surface area (TPSA) is 1070 Å². The molecule has 137 heavy (non-hydrogen) atoms. The van der Waals surface area contributed by atoms with Crippen molar-refractivity contribution < 1.29 is 180 Å². The summed E-state index contributed by atoms with van der Waals surface area (Å²) in [6.45, 7) is 0. The van der Waals surface area contributed by atoms with Crippen LogP contribution in [-0.4, -0.2) is 208 Å². The first-order valence-electron chi connectivity index (χ1n) is 34.7. The average Bonchev–Trinajstić information content (AvgIpc) is 0.708. The molecule has 12 aromatic carbocycles. The van der Waals surface area contributed by atoms with Crippen molar-refractivity contribution in [3.63, 3.8) is 0 Å². The summed E-state index contributed by atoms with van der Waals surface area (Å²) >= 11 is 0. The molecule has 0 aliphatic rings. The van der Waals surface area contributed by atoms with Gasteiger partial charge in [-0.05, 0) is 108 Å². The Hall–Kier alpha value is -11.8. The van der Waals surface area contributed by atoms with Crippen molar-refractivity contribution in [1.29, 1.82) is 0 Å². The molecule has 12 aromatic rings. The van der Waals surface area contributed by atoms with Crippen molar-refractivity contribution in [3.05, 3.63) is 97.1 Å². The molecule has 60 nitrogen and oxygen atoms in total. The van der Waals surface area contributed by atoms with Gasteiger partial charge in [0.2, 0.25) is 0 Å². The van der Waals surface area contributed by atoms with Crippen LogP contribution in [0.25, 0.3) is 64.6 Å². The first-order chi connectivity index (χ1) is 62.2. The monoisotopic (exact) mass is 2150 g/mol. The van der Waals surface area contributed by atoms with Gasteiger partial charge in [0.05, 0.1) is 96.4 Å². The number of hydrogen-bond donors (Lipinski definition) is 32. The molecular weight excluding hydrogens is 2090 g/mol. The molecule has 0 unspecified atom stereocenters. The van der Waals surface area contributed by atoms with Crippen LogP contribution < -0.4 is 22.9 Å². The normalized spacial score (nSPS) is 14.4. The van der Waals surface area contributed by atoms with Crippen LogP contribution in [0.2, 0.25) is 0 Å². The number of rotatable bonds is 24. The van der Waals surface area contributed by atoms with Crippen molar-refractivity contribution in [2.45, 2.75) is 66.2 Å². The van der Waals surface area contributed by atoms with Gasteiger partial charge < -0.3 is 125 Å². The summed E-state index contributed by atoms with van der Waals surface area (Å²) in [5, 5.41) is 94.7. The fourth-order valence-corrected chi connectivity index (χ4v) is 21.5. The van der Waals surface area contributed by atoms with E-state index >= 15 is 0 Å².